The lowest BCUT2D eigenvalue weighted by molar-refractivity contribution is -0.212. The van der Waals surface area contributed by atoms with Crippen molar-refractivity contribution in [2.45, 2.75) is 102 Å². The van der Waals surface area contributed by atoms with Crippen molar-refractivity contribution in [3.63, 3.8) is 0 Å². The number of hydrogen-bond donors (Lipinski definition) is 0. The summed E-state index contributed by atoms with van der Waals surface area (Å²) in [6.45, 7) is 2.64. The number of unbranched alkanes of at least 4 members (excludes halogenated alkanes) is 11. The van der Waals surface area contributed by atoms with E-state index in [1.54, 1.807) is 0 Å². The van der Waals surface area contributed by atoms with Crippen molar-refractivity contribution < 1.29 is 9.47 Å². The van der Waals surface area contributed by atoms with E-state index in [-0.39, 0.29) is 12.1 Å². The molecule has 1 fully saturated rings. The minimum absolute atomic E-state index is 0.243. The molecule has 0 amide bonds. The Bertz CT molecular complexity index is 629. The quantitative estimate of drug-likeness (QED) is 0.0959. The third kappa shape index (κ3) is 9.80. The van der Waals surface area contributed by atoms with E-state index in [9.17, 15) is 0 Å². The minimum Gasteiger partial charge on any atom is -0.348 e. The zero-order valence-electron chi connectivity index (χ0n) is 18.6. The van der Waals surface area contributed by atoms with Crippen LogP contribution < -0.4 is 0 Å². The standard InChI is InChI=1S/C25H39N3O2/c1-2-3-4-5-6-7-8-9-10-11-12-13-17-20-24-23(27-28-26)21-29-25(30-24)22-18-15-14-16-19-22/h14-20,23-25H,2-13,21H2,1H3/b20-17+/t23-,24+,25-/m1/s1. The van der Waals surface area contributed by atoms with Crippen LogP contribution in [-0.4, -0.2) is 18.8 Å². The van der Waals surface area contributed by atoms with Gasteiger partial charge in [0.25, 0.3) is 0 Å². The molecule has 0 N–H and O–H groups in total. The van der Waals surface area contributed by atoms with E-state index in [0.29, 0.717) is 6.61 Å². The van der Waals surface area contributed by atoms with Crippen LogP contribution in [0, 0.1) is 0 Å². The van der Waals surface area contributed by atoms with Gasteiger partial charge in [0.05, 0.1) is 18.8 Å². The molecular weight excluding hydrogens is 374 g/mol. The molecule has 1 aromatic carbocycles. The van der Waals surface area contributed by atoms with Gasteiger partial charge in [0.1, 0.15) is 0 Å². The van der Waals surface area contributed by atoms with Crippen LogP contribution in [0.4, 0.5) is 0 Å². The molecule has 1 aliphatic rings. The molecular formula is C25H39N3O2. The van der Waals surface area contributed by atoms with Crippen LogP contribution in [0.25, 0.3) is 10.4 Å². The Morgan fingerprint density at radius 2 is 1.60 bits per heavy atom. The van der Waals surface area contributed by atoms with Crippen molar-refractivity contribution in [3.8, 4) is 0 Å². The van der Waals surface area contributed by atoms with Gasteiger partial charge >= 0.3 is 0 Å². The zero-order valence-corrected chi connectivity index (χ0v) is 18.6. The fraction of sp³-hybridized carbons (Fsp3) is 0.680. The Balaban J connectivity index is 1.61. The molecule has 0 radical (unpaired) electrons. The van der Waals surface area contributed by atoms with E-state index in [2.05, 4.69) is 23.0 Å². The van der Waals surface area contributed by atoms with Gasteiger partial charge in [0.15, 0.2) is 6.29 Å². The van der Waals surface area contributed by atoms with Gasteiger partial charge in [-0.25, -0.2) is 0 Å². The number of rotatable bonds is 15. The topological polar surface area (TPSA) is 67.2 Å². The Morgan fingerprint density at radius 1 is 0.967 bits per heavy atom. The van der Waals surface area contributed by atoms with Gasteiger partial charge in [0, 0.05) is 10.5 Å². The molecule has 1 heterocycles. The highest BCUT2D eigenvalue weighted by Gasteiger charge is 2.30. The number of ether oxygens (including phenoxy) is 2. The zero-order chi connectivity index (χ0) is 21.3. The number of nitrogens with zero attached hydrogens (tertiary/aromatic N) is 3. The predicted octanol–water partition coefficient (Wildman–Crippen LogP) is 8.04. The van der Waals surface area contributed by atoms with Crippen LogP contribution >= 0.6 is 0 Å². The molecule has 3 atom stereocenters. The largest absolute Gasteiger partial charge is 0.348 e. The van der Waals surface area contributed by atoms with E-state index >= 15 is 0 Å². The first kappa shape index (κ1) is 24.5. The second kappa shape index (κ2) is 16.0. The summed E-state index contributed by atoms with van der Waals surface area (Å²) in [5, 5.41) is 3.85. The second-order valence-electron chi connectivity index (χ2n) is 8.20. The summed E-state index contributed by atoms with van der Waals surface area (Å²) in [6.07, 6.45) is 19.5. The second-order valence-corrected chi connectivity index (χ2v) is 8.20. The summed E-state index contributed by atoms with van der Waals surface area (Å²) in [5.74, 6) is 0. The molecule has 5 heteroatoms. The van der Waals surface area contributed by atoms with Crippen LogP contribution in [0.5, 0.6) is 0 Å². The Labute approximate surface area is 182 Å². The number of hydrogen-bond acceptors (Lipinski definition) is 3. The molecule has 166 valence electrons. The summed E-state index contributed by atoms with van der Waals surface area (Å²) in [5.41, 5.74) is 9.81. The summed E-state index contributed by atoms with van der Waals surface area (Å²) in [7, 11) is 0. The highest BCUT2D eigenvalue weighted by Crippen LogP contribution is 2.28. The maximum atomic E-state index is 8.83. The van der Waals surface area contributed by atoms with Crippen molar-refractivity contribution in [2.24, 2.45) is 5.11 Å². The normalized spacial score (nSPS) is 21.6. The Hall–Kier alpha value is -1.81. The van der Waals surface area contributed by atoms with Crippen molar-refractivity contribution in [1.82, 2.24) is 0 Å². The Kier molecular flexibility index (Phi) is 13.0. The van der Waals surface area contributed by atoms with Crippen LogP contribution in [0.3, 0.4) is 0 Å². The fourth-order valence-electron chi connectivity index (χ4n) is 3.83. The lowest BCUT2D eigenvalue weighted by Crippen LogP contribution is -2.37. The maximum Gasteiger partial charge on any atom is 0.184 e. The summed E-state index contributed by atoms with van der Waals surface area (Å²) < 4.78 is 11.8. The molecule has 0 saturated carbocycles. The molecule has 30 heavy (non-hydrogen) atoms. The van der Waals surface area contributed by atoms with Gasteiger partial charge in [-0.1, -0.05) is 119 Å². The van der Waals surface area contributed by atoms with Gasteiger partial charge in [-0.15, -0.1) is 0 Å². The summed E-state index contributed by atoms with van der Waals surface area (Å²) >= 11 is 0. The SMILES string of the molecule is CCCCCCCCCCCCC/C=C/[C@@H]1O[C@H](c2ccccc2)OC[C@H]1N=[N+]=[N-]. The van der Waals surface area contributed by atoms with Crippen molar-refractivity contribution in [1.29, 1.82) is 0 Å². The van der Waals surface area contributed by atoms with Crippen molar-refractivity contribution in [3.05, 3.63) is 58.5 Å². The van der Waals surface area contributed by atoms with Gasteiger partial charge in [-0.3, -0.25) is 0 Å². The highest BCUT2D eigenvalue weighted by molar-refractivity contribution is 5.17. The van der Waals surface area contributed by atoms with Crippen LogP contribution in [0.1, 0.15) is 95.8 Å². The average molecular weight is 414 g/mol. The fourth-order valence-corrected chi connectivity index (χ4v) is 3.83. The summed E-state index contributed by atoms with van der Waals surface area (Å²) in [4.78, 5) is 2.95. The third-order valence-electron chi connectivity index (χ3n) is 5.65. The number of benzene rings is 1. The van der Waals surface area contributed by atoms with Gasteiger partial charge in [-0.05, 0) is 18.4 Å². The number of allylic oxidation sites excluding steroid dienone is 1. The maximum absolute atomic E-state index is 8.83. The molecule has 1 saturated heterocycles. The molecule has 2 rings (SSSR count). The van der Waals surface area contributed by atoms with Gasteiger partial charge < -0.3 is 9.47 Å². The molecule has 0 spiro atoms. The van der Waals surface area contributed by atoms with Gasteiger partial charge in [-0.2, -0.15) is 0 Å². The molecule has 1 aliphatic heterocycles. The summed E-state index contributed by atoms with van der Waals surface area (Å²) in [6, 6.07) is 9.58. The van der Waals surface area contributed by atoms with Crippen LogP contribution in [0.2, 0.25) is 0 Å². The first-order valence-electron chi connectivity index (χ1n) is 11.9. The number of azide groups is 1. The molecule has 5 nitrogen and oxygen atoms in total. The smallest absolute Gasteiger partial charge is 0.184 e. The molecule has 1 aromatic rings. The lowest BCUT2D eigenvalue weighted by Gasteiger charge is -2.33. The average Bonchev–Trinajstić information content (AvgIpc) is 2.78. The minimum atomic E-state index is -0.409. The van der Waals surface area contributed by atoms with Gasteiger partial charge in [0.2, 0.25) is 0 Å². The first-order chi connectivity index (χ1) is 14.8. The molecule has 0 aromatic heterocycles. The molecule has 0 unspecified atom stereocenters. The van der Waals surface area contributed by atoms with E-state index in [1.165, 1.54) is 70.6 Å². The highest BCUT2D eigenvalue weighted by atomic mass is 16.7. The predicted molar refractivity (Wildman–Crippen MR) is 123 cm³/mol. The van der Waals surface area contributed by atoms with Crippen molar-refractivity contribution >= 4 is 0 Å². The van der Waals surface area contributed by atoms with E-state index in [1.807, 2.05) is 36.4 Å². The lowest BCUT2D eigenvalue weighted by atomic mass is 10.0. The Morgan fingerprint density at radius 3 is 2.23 bits per heavy atom. The third-order valence-corrected chi connectivity index (χ3v) is 5.65. The van der Waals surface area contributed by atoms with Crippen molar-refractivity contribution in [2.75, 3.05) is 6.61 Å². The monoisotopic (exact) mass is 413 g/mol. The first-order valence-corrected chi connectivity index (χ1v) is 11.9. The van der Waals surface area contributed by atoms with Crippen LogP contribution in [0.15, 0.2) is 47.6 Å². The van der Waals surface area contributed by atoms with E-state index < -0.39 is 6.29 Å². The molecule has 0 aliphatic carbocycles. The van der Waals surface area contributed by atoms with Crippen LogP contribution in [-0.2, 0) is 9.47 Å². The van der Waals surface area contributed by atoms with E-state index in [4.69, 9.17) is 15.0 Å². The molecule has 0 bridgehead atoms. The van der Waals surface area contributed by atoms with E-state index in [0.717, 1.165) is 12.0 Å².